The molecule has 0 bridgehead atoms. The van der Waals surface area contributed by atoms with E-state index in [2.05, 4.69) is 9.88 Å². The van der Waals surface area contributed by atoms with Gasteiger partial charge in [-0.15, -0.1) is 0 Å². The third-order valence-electron chi connectivity index (χ3n) is 3.04. The molecule has 1 saturated heterocycles. The van der Waals surface area contributed by atoms with E-state index >= 15 is 0 Å². The Balaban J connectivity index is 2.05. The highest BCUT2D eigenvalue weighted by Gasteiger charge is 2.22. The number of aromatic nitrogens is 1. The van der Waals surface area contributed by atoms with E-state index in [-0.39, 0.29) is 0 Å². The molecule has 1 aliphatic heterocycles. The van der Waals surface area contributed by atoms with Gasteiger partial charge in [-0.05, 0) is 25.5 Å². The van der Waals surface area contributed by atoms with Crippen LogP contribution in [-0.4, -0.2) is 36.4 Å². The first-order chi connectivity index (χ1) is 7.70. The summed E-state index contributed by atoms with van der Waals surface area (Å²) in [6, 6.07) is 3.88. The van der Waals surface area contributed by atoms with Crippen LogP contribution in [0.1, 0.15) is 25.1 Å². The van der Waals surface area contributed by atoms with E-state index in [0.717, 1.165) is 25.2 Å². The van der Waals surface area contributed by atoms with Crippen molar-refractivity contribution in [2.45, 2.75) is 25.6 Å². The molecular formula is C12H18N2O2. The third-order valence-corrected chi connectivity index (χ3v) is 3.04. The van der Waals surface area contributed by atoms with Crippen LogP contribution < -0.4 is 4.90 Å². The fourth-order valence-corrected chi connectivity index (χ4v) is 1.99. The topological polar surface area (TPSA) is 45.6 Å². The lowest BCUT2D eigenvalue weighted by molar-refractivity contribution is 0.121. The molecule has 4 heteroatoms. The minimum Gasteiger partial charge on any atom is -0.387 e. The van der Waals surface area contributed by atoms with Crippen molar-refractivity contribution in [2.75, 3.05) is 25.1 Å². The van der Waals surface area contributed by atoms with Gasteiger partial charge in [-0.3, -0.25) is 4.98 Å². The van der Waals surface area contributed by atoms with Gasteiger partial charge in [0.1, 0.15) is 0 Å². The van der Waals surface area contributed by atoms with Crippen LogP contribution in [0.15, 0.2) is 18.3 Å². The summed E-state index contributed by atoms with van der Waals surface area (Å²) in [4.78, 5) is 6.50. The first-order valence-electron chi connectivity index (χ1n) is 5.62. The van der Waals surface area contributed by atoms with Gasteiger partial charge in [-0.1, -0.05) is 0 Å². The molecular weight excluding hydrogens is 204 g/mol. The Labute approximate surface area is 95.9 Å². The van der Waals surface area contributed by atoms with Gasteiger partial charge in [0.25, 0.3) is 0 Å². The maximum absolute atomic E-state index is 9.36. The van der Waals surface area contributed by atoms with Crippen LogP contribution in [0.3, 0.4) is 0 Å². The van der Waals surface area contributed by atoms with E-state index in [9.17, 15) is 5.11 Å². The third kappa shape index (κ3) is 2.33. The maximum Gasteiger partial charge on any atom is 0.0931 e. The smallest absolute Gasteiger partial charge is 0.0931 e. The Morgan fingerprint density at radius 2 is 2.38 bits per heavy atom. The molecule has 16 heavy (non-hydrogen) atoms. The number of rotatable bonds is 3. The van der Waals surface area contributed by atoms with Crippen LogP contribution in [0.4, 0.5) is 5.69 Å². The SMILES string of the molecule is COC1CCN(c2ccc(C(C)O)nc2)C1. The monoisotopic (exact) mass is 222 g/mol. The van der Waals surface area contributed by atoms with E-state index in [0.29, 0.717) is 11.8 Å². The predicted molar refractivity (Wildman–Crippen MR) is 62.5 cm³/mol. The number of aliphatic hydroxyl groups excluding tert-OH is 1. The lowest BCUT2D eigenvalue weighted by Crippen LogP contribution is -2.22. The molecule has 1 N–H and O–H groups in total. The minimum absolute atomic E-state index is 0.330. The van der Waals surface area contributed by atoms with Crippen LogP contribution >= 0.6 is 0 Å². The average Bonchev–Trinajstić information content (AvgIpc) is 2.77. The molecule has 0 spiro atoms. The van der Waals surface area contributed by atoms with Crippen molar-refractivity contribution in [3.63, 3.8) is 0 Å². The molecule has 0 aromatic carbocycles. The van der Waals surface area contributed by atoms with Crippen LogP contribution in [0.5, 0.6) is 0 Å². The highest BCUT2D eigenvalue weighted by atomic mass is 16.5. The Morgan fingerprint density at radius 1 is 1.56 bits per heavy atom. The minimum atomic E-state index is -0.501. The van der Waals surface area contributed by atoms with Crippen molar-refractivity contribution in [1.82, 2.24) is 4.98 Å². The number of hydrogen-bond acceptors (Lipinski definition) is 4. The first-order valence-corrected chi connectivity index (χ1v) is 5.62. The molecule has 1 aromatic rings. The van der Waals surface area contributed by atoms with Gasteiger partial charge in [-0.25, -0.2) is 0 Å². The molecule has 4 nitrogen and oxygen atoms in total. The van der Waals surface area contributed by atoms with E-state index in [4.69, 9.17) is 4.74 Å². The summed E-state index contributed by atoms with van der Waals surface area (Å²) < 4.78 is 5.32. The molecule has 2 rings (SSSR count). The summed E-state index contributed by atoms with van der Waals surface area (Å²) in [6.45, 7) is 3.65. The van der Waals surface area contributed by atoms with Gasteiger partial charge in [0.05, 0.1) is 29.8 Å². The average molecular weight is 222 g/mol. The Kier molecular flexibility index (Phi) is 3.41. The largest absolute Gasteiger partial charge is 0.387 e. The summed E-state index contributed by atoms with van der Waals surface area (Å²) in [7, 11) is 1.75. The van der Waals surface area contributed by atoms with Crippen molar-refractivity contribution in [3.05, 3.63) is 24.0 Å². The molecule has 2 unspecified atom stereocenters. The van der Waals surface area contributed by atoms with Crippen molar-refractivity contribution < 1.29 is 9.84 Å². The van der Waals surface area contributed by atoms with E-state index < -0.39 is 6.10 Å². The number of hydrogen-bond donors (Lipinski definition) is 1. The summed E-state index contributed by atoms with van der Waals surface area (Å²) in [5.41, 5.74) is 1.81. The molecule has 0 saturated carbocycles. The second-order valence-electron chi connectivity index (χ2n) is 4.21. The van der Waals surface area contributed by atoms with Crippen molar-refractivity contribution in [3.8, 4) is 0 Å². The lowest BCUT2D eigenvalue weighted by atomic mass is 10.2. The number of ether oxygens (including phenoxy) is 1. The maximum atomic E-state index is 9.36. The Morgan fingerprint density at radius 3 is 2.88 bits per heavy atom. The number of pyridine rings is 1. The molecule has 2 heterocycles. The highest BCUT2D eigenvalue weighted by molar-refractivity contribution is 5.45. The van der Waals surface area contributed by atoms with Gasteiger partial charge in [0.2, 0.25) is 0 Å². The molecule has 0 radical (unpaired) electrons. The molecule has 1 aliphatic rings. The molecule has 0 aliphatic carbocycles. The van der Waals surface area contributed by atoms with Gasteiger partial charge >= 0.3 is 0 Å². The van der Waals surface area contributed by atoms with Crippen LogP contribution in [0.25, 0.3) is 0 Å². The van der Waals surface area contributed by atoms with Gasteiger partial charge in [0.15, 0.2) is 0 Å². The van der Waals surface area contributed by atoms with Crippen LogP contribution in [0, 0.1) is 0 Å². The van der Waals surface area contributed by atoms with Gasteiger partial charge in [-0.2, -0.15) is 0 Å². The first kappa shape index (κ1) is 11.4. The Bertz CT molecular complexity index is 337. The normalized spacial score (nSPS) is 22.4. The lowest BCUT2D eigenvalue weighted by Gasteiger charge is -2.18. The second kappa shape index (κ2) is 4.80. The van der Waals surface area contributed by atoms with Crippen LogP contribution in [-0.2, 0) is 4.74 Å². The summed E-state index contributed by atoms with van der Waals surface area (Å²) in [5, 5.41) is 9.36. The van der Waals surface area contributed by atoms with E-state index in [1.165, 1.54) is 0 Å². The Hall–Kier alpha value is -1.13. The van der Waals surface area contributed by atoms with Gasteiger partial charge < -0.3 is 14.7 Å². The fraction of sp³-hybridized carbons (Fsp3) is 0.583. The summed E-state index contributed by atoms with van der Waals surface area (Å²) in [5.74, 6) is 0. The standard InChI is InChI=1S/C12H18N2O2/c1-9(15)12-4-3-10(7-13-12)14-6-5-11(8-14)16-2/h3-4,7,9,11,15H,5-6,8H2,1-2H3. The van der Waals surface area contributed by atoms with Crippen molar-refractivity contribution >= 4 is 5.69 Å². The predicted octanol–water partition coefficient (Wildman–Crippen LogP) is 1.36. The molecule has 2 atom stereocenters. The van der Waals surface area contributed by atoms with Crippen LogP contribution in [0.2, 0.25) is 0 Å². The molecule has 1 aromatic heterocycles. The molecule has 88 valence electrons. The van der Waals surface area contributed by atoms with Crippen molar-refractivity contribution in [1.29, 1.82) is 0 Å². The zero-order valence-corrected chi connectivity index (χ0v) is 9.76. The zero-order chi connectivity index (χ0) is 11.5. The van der Waals surface area contributed by atoms with Gasteiger partial charge in [0, 0.05) is 20.2 Å². The number of nitrogens with zero attached hydrogens (tertiary/aromatic N) is 2. The van der Waals surface area contributed by atoms with E-state index in [1.54, 1.807) is 14.0 Å². The van der Waals surface area contributed by atoms with E-state index in [1.807, 2.05) is 18.3 Å². The quantitative estimate of drug-likeness (QED) is 0.838. The number of aliphatic hydroxyl groups is 1. The van der Waals surface area contributed by atoms with Crippen molar-refractivity contribution in [2.24, 2.45) is 0 Å². The summed E-state index contributed by atoms with van der Waals surface area (Å²) in [6.07, 6.45) is 2.71. The molecule has 1 fully saturated rings. The number of methoxy groups -OCH3 is 1. The second-order valence-corrected chi connectivity index (χ2v) is 4.21. The number of anilines is 1. The highest BCUT2D eigenvalue weighted by Crippen LogP contribution is 2.21. The zero-order valence-electron chi connectivity index (χ0n) is 9.76. The fourth-order valence-electron chi connectivity index (χ4n) is 1.99. The summed E-state index contributed by atoms with van der Waals surface area (Å²) >= 11 is 0. The molecule has 0 amide bonds.